The van der Waals surface area contributed by atoms with E-state index in [2.05, 4.69) is 29.3 Å². The van der Waals surface area contributed by atoms with Gasteiger partial charge in [-0.15, -0.1) is 12.3 Å². The van der Waals surface area contributed by atoms with Gasteiger partial charge in [-0.3, -0.25) is 0 Å². The third-order valence-electron chi connectivity index (χ3n) is 3.11. The van der Waals surface area contributed by atoms with Crippen molar-refractivity contribution in [2.75, 3.05) is 26.7 Å². The topological polar surface area (TPSA) is 15.3 Å². The Labute approximate surface area is 80.0 Å². The highest BCUT2D eigenvalue weighted by Gasteiger charge is 2.41. The quantitative estimate of drug-likeness (QED) is 0.465. The highest BCUT2D eigenvalue weighted by atomic mass is 15.2. The standard InChI is InChI=1S/C11H16N2/c1-3-4-10-5-8-13(2)9-11(10)6-7-12-11/h1,5,12H,4,6-9H2,2H3. The zero-order chi connectivity index (χ0) is 9.31. The van der Waals surface area contributed by atoms with Gasteiger partial charge in [0.15, 0.2) is 0 Å². The minimum absolute atomic E-state index is 0.235. The minimum Gasteiger partial charge on any atom is -0.306 e. The summed E-state index contributed by atoms with van der Waals surface area (Å²) in [7, 11) is 2.16. The van der Waals surface area contributed by atoms with E-state index in [1.54, 1.807) is 0 Å². The van der Waals surface area contributed by atoms with Crippen LogP contribution in [0.15, 0.2) is 11.6 Å². The number of terminal acetylenes is 1. The van der Waals surface area contributed by atoms with Gasteiger partial charge in [-0.25, -0.2) is 0 Å². The molecule has 2 nitrogen and oxygen atoms in total. The van der Waals surface area contributed by atoms with E-state index in [4.69, 9.17) is 6.42 Å². The smallest absolute Gasteiger partial charge is 0.0545 e. The first-order chi connectivity index (χ1) is 6.27. The van der Waals surface area contributed by atoms with Crippen LogP contribution in [0.3, 0.4) is 0 Å². The van der Waals surface area contributed by atoms with E-state index in [-0.39, 0.29) is 5.54 Å². The molecule has 0 saturated carbocycles. The Balaban J connectivity index is 2.18. The number of nitrogens with one attached hydrogen (secondary N) is 1. The number of hydrogen-bond donors (Lipinski definition) is 1. The van der Waals surface area contributed by atoms with E-state index >= 15 is 0 Å². The van der Waals surface area contributed by atoms with Crippen LogP contribution in [0.5, 0.6) is 0 Å². The van der Waals surface area contributed by atoms with Crippen LogP contribution in [0.25, 0.3) is 0 Å². The predicted molar refractivity (Wildman–Crippen MR) is 54.4 cm³/mol. The van der Waals surface area contributed by atoms with E-state index in [9.17, 15) is 0 Å². The molecule has 2 heteroatoms. The number of hydrogen-bond acceptors (Lipinski definition) is 2. The van der Waals surface area contributed by atoms with Gasteiger partial charge in [0.2, 0.25) is 0 Å². The van der Waals surface area contributed by atoms with Gasteiger partial charge in [0.25, 0.3) is 0 Å². The van der Waals surface area contributed by atoms with Gasteiger partial charge in [0, 0.05) is 19.5 Å². The highest BCUT2D eigenvalue weighted by Crippen LogP contribution is 2.32. The predicted octanol–water partition coefficient (Wildman–Crippen LogP) is 0.614. The van der Waals surface area contributed by atoms with E-state index in [1.165, 1.54) is 12.0 Å². The second-order valence-corrected chi connectivity index (χ2v) is 4.07. The zero-order valence-electron chi connectivity index (χ0n) is 8.14. The van der Waals surface area contributed by atoms with Gasteiger partial charge >= 0.3 is 0 Å². The fraction of sp³-hybridized carbons (Fsp3) is 0.636. The third kappa shape index (κ3) is 1.39. The summed E-state index contributed by atoms with van der Waals surface area (Å²) in [6, 6.07) is 0. The van der Waals surface area contributed by atoms with Crippen molar-refractivity contribution in [2.45, 2.75) is 18.4 Å². The van der Waals surface area contributed by atoms with Gasteiger partial charge < -0.3 is 10.2 Å². The summed E-state index contributed by atoms with van der Waals surface area (Å²) in [5.41, 5.74) is 1.67. The lowest BCUT2D eigenvalue weighted by Gasteiger charge is -2.49. The number of rotatable bonds is 1. The maximum absolute atomic E-state index is 5.36. The Hall–Kier alpha value is -0.780. The van der Waals surface area contributed by atoms with Crippen LogP contribution in [0.1, 0.15) is 12.8 Å². The molecule has 1 fully saturated rings. The molecule has 0 aliphatic carbocycles. The molecular weight excluding hydrogens is 160 g/mol. The molecule has 1 N–H and O–H groups in total. The maximum Gasteiger partial charge on any atom is 0.0545 e. The molecule has 0 aromatic heterocycles. The first-order valence-corrected chi connectivity index (χ1v) is 4.83. The second kappa shape index (κ2) is 3.17. The lowest BCUT2D eigenvalue weighted by molar-refractivity contribution is 0.163. The molecule has 1 saturated heterocycles. The maximum atomic E-state index is 5.36. The zero-order valence-corrected chi connectivity index (χ0v) is 8.14. The largest absolute Gasteiger partial charge is 0.306 e. The van der Waals surface area contributed by atoms with Crippen molar-refractivity contribution < 1.29 is 0 Å². The Bertz CT molecular complexity index is 268. The molecule has 0 amide bonds. The van der Waals surface area contributed by atoms with Gasteiger partial charge in [0.05, 0.1) is 5.54 Å². The monoisotopic (exact) mass is 176 g/mol. The average Bonchev–Trinajstić information content (AvgIpc) is 2.06. The van der Waals surface area contributed by atoms with E-state index < -0.39 is 0 Å². The molecule has 2 rings (SSSR count). The van der Waals surface area contributed by atoms with Gasteiger partial charge in [0.1, 0.15) is 0 Å². The summed E-state index contributed by atoms with van der Waals surface area (Å²) in [6.45, 7) is 3.29. The molecule has 2 heterocycles. The first kappa shape index (κ1) is 8.80. The van der Waals surface area contributed by atoms with Crippen LogP contribution >= 0.6 is 0 Å². The summed E-state index contributed by atoms with van der Waals surface area (Å²) in [5.74, 6) is 2.75. The summed E-state index contributed by atoms with van der Waals surface area (Å²) in [6.07, 6.45) is 9.70. The molecule has 0 aromatic rings. The molecule has 1 atom stereocenters. The average molecular weight is 176 g/mol. The minimum atomic E-state index is 0.235. The molecule has 13 heavy (non-hydrogen) atoms. The van der Waals surface area contributed by atoms with Gasteiger partial charge in [-0.1, -0.05) is 6.08 Å². The van der Waals surface area contributed by atoms with Gasteiger partial charge in [-0.2, -0.15) is 0 Å². The molecule has 0 aromatic carbocycles. The van der Waals surface area contributed by atoms with E-state index in [0.29, 0.717) is 0 Å². The van der Waals surface area contributed by atoms with Crippen LogP contribution in [0, 0.1) is 12.3 Å². The Morgan fingerprint density at radius 3 is 3.08 bits per heavy atom. The summed E-state index contributed by atoms with van der Waals surface area (Å²) >= 11 is 0. The molecule has 1 spiro atoms. The first-order valence-electron chi connectivity index (χ1n) is 4.83. The molecule has 2 aliphatic rings. The normalized spacial score (nSPS) is 33.7. The van der Waals surface area contributed by atoms with Crippen LogP contribution in [-0.2, 0) is 0 Å². The lowest BCUT2D eigenvalue weighted by atomic mass is 9.76. The van der Waals surface area contributed by atoms with Crippen molar-refractivity contribution in [1.82, 2.24) is 10.2 Å². The fourth-order valence-corrected chi connectivity index (χ4v) is 2.28. The van der Waals surface area contributed by atoms with E-state index in [1.807, 2.05) is 0 Å². The Morgan fingerprint density at radius 2 is 2.54 bits per heavy atom. The van der Waals surface area contributed by atoms with Crippen LogP contribution in [0.2, 0.25) is 0 Å². The molecule has 0 radical (unpaired) electrons. The molecule has 1 unspecified atom stereocenters. The third-order valence-corrected chi connectivity index (χ3v) is 3.11. The van der Waals surface area contributed by atoms with Crippen LogP contribution < -0.4 is 5.32 Å². The van der Waals surface area contributed by atoms with Gasteiger partial charge in [-0.05, 0) is 25.6 Å². The highest BCUT2D eigenvalue weighted by molar-refractivity contribution is 5.31. The summed E-state index contributed by atoms with van der Waals surface area (Å²) < 4.78 is 0. The van der Waals surface area contributed by atoms with E-state index in [0.717, 1.165) is 26.1 Å². The van der Waals surface area contributed by atoms with Crippen molar-refractivity contribution >= 4 is 0 Å². The second-order valence-electron chi connectivity index (χ2n) is 4.07. The molecule has 70 valence electrons. The number of likely N-dealkylation sites (N-methyl/N-ethyl adjacent to an activating group) is 1. The van der Waals surface area contributed by atoms with Crippen molar-refractivity contribution in [1.29, 1.82) is 0 Å². The van der Waals surface area contributed by atoms with Crippen LogP contribution in [0.4, 0.5) is 0 Å². The SMILES string of the molecule is C#CCC1=CCN(C)CC12CCN2. The number of nitrogens with zero attached hydrogens (tertiary/aromatic N) is 1. The molecule has 2 aliphatic heterocycles. The van der Waals surface area contributed by atoms with Crippen LogP contribution in [-0.4, -0.2) is 37.1 Å². The van der Waals surface area contributed by atoms with Crippen molar-refractivity contribution in [3.8, 4) is 12.3 Å². The van der Waals surface area contributed by atoms with Crippen molar-refractivity contribution in [2.24, 2.45) is 0 Å². The Kier molecular flexibility index (Phi) is 2.15. The fourth-order valence-electron chi connectivity index (χ4n) is 2.28. The molecule has 0 bridgehead atoms. The Morgan fingerprint density at radius 1 is 1.77 bits per heavy atom. The summed E-state index contributed by atoms with van der Waals surface area (Å²) in [4.78, 5) is 2.34. The lowest BCUT2D eigenvalue weighted by Crippen LogP contribution is -2.65. The van der Waals surface area contributed by atoms with Crippen molar-refractivity contribution in [3.05, 3.63) is 11.6 Å². The van der Waals surface area contributed by atoms with Crippen molar-refractivity contribution in [3.63, 3.8) is 0 Å². The molecular formula is C11H16N2. The summed E-state index contributed by atoms with van der Waals surface area (Å²) in [5, 5.41) is 3.52.